The Morgan fingerprint density at radius 3 is 2.08 bits per heavy atom. The maximum absolute atomic E-state index is 12.7. The van der Waals surface area contributed by atoms with Crippen LogP contribution in [0.15, 0.2) is 18.2 Å². The van der Waals surface area contributed by atoms with E-state index in [1.807, 2.05) is 0 Å². The van der Waals surface area contributed by atoms with Crippen LogP contribution in [0, 0.1) is 0 Å². The molecule has 3 rings (SSSR count). The molecule has 0 aromatic heterocycles. The Labute approximate surface area is 149 Å². The highest BCUT2D eigenvalue weighted by atomic mass is 16.6. The van der Waals surface area contributed by atoms with Gasteiger partial charge in [0.25, 0.3) is 0 Å². The number of ketones is 1. The average molecular weight is 362 g/mol. The Morgan fingerprint density at radius 1 is 0.962 bits per heavy atom. The Balaban J connectivity index is 2.22. The third-order valence-electron chi connectivity index (χ3n) is 4.20. The van der Waals surface area contributed by atoms with Crippen molar-refractivity contribution < 1.29 is 39.1 Å². The fraction of sp³-hybridized carbons (Fsp3) is 0.278. The highest BCUT2D eigenvalue weighted by Crippen LogP contribution is 2.56. The van der Waals surface area contributed by atoms with E-state index in [-0.39, 0.29) is 52.0 Å². The Bertz CT molecular complexity index is 854. The fourth-order valence-corrected chi connectivity index (χ4v) is 3.07. The first kappa shape index (κ1) is 17.5. The maximum atomic E-state index is 12.7. The second-order valence-electron chi connectivity index (χ2n) is 5.60. The van der Waals surface area contributed by atoms with Crippen molar-refractivity contribution in [3.63, 3.8) is 0 Å². The minimum Gasteiger partial charge on any atom is -0.507 e. The molecule has 138 valence electrons. The van der Waals surface area contributed by atoms with Gasteiger partial charge in [0.05, 0.1) is 33.3 Å². The predicted octanol–water partition coefficient (Wildman–Crippen LogP) is 2.54. The Hall–Kier alpha value is -3.29. The van der Waals surface area contributed by atoms with E-state index in [4.69, 9.17) is 18.9 Å². The van der Waals surface area contributed by atoms with Crippen LogP contribution in [0.4, 0.5) is 0 Å². The number of hydrogen-bond donors (Lipinski definition) is 3. The van der Waals surface area contributed by atoms with Crippen LogP contribution in [-0.4, -0.2) is 42.4 Å². The van der Waals surface area contributed by atoms with Gasteiger partial charge >= 0.3 is 0 Å². The number of phenolic OH excluding ortho intramolecular Hbond substituents is 3. The molecule has 0 fully saturated rings. The number of rotatable bonds is 4. The smallest absolute Gasteiger partial charge is 0.211 e. The molecular formula is C18H18O8. The molecule has 2 aromatic carbocycles. The quantitative estimate of drug-likeness (QED) is 0.760. The highest BCUT2D eigenvalue weighted by Gasteiger charge is 2.39. The molecule has 0 saturated carbocycles. The van der Waals surface area contributed by atoms with Gasteiger partial charge in [0, 0.05) is 0 Å². The number of carbonyl (C=O) groups excluding carboxylic acids is 1. The van der Waals surface area contributed by atoms with Crippen LogP contribution in [0.2, 0.25) is 0 Å². The van der Waals surface area contributed by atoms with Gasteiger partial charge in [-0.05, 0) is 12.1 Å². The highest BCUT2D eigenvalue weighted by molar-refractivity contribution is 6.05. The standard InChI is InChI=1S/C18H18O8/c1-23-16-14(22)13-10(21)7-11(12-8(19)5-4-6-9(12)20)26-15(13)17(24-2)18(16)25-3/h4-6,11,19-20,22H,7H2,1-3H3/t11-/m0/s1. The number of fused-ring (bicyclic) bond motifs is 1. The van der Waals surface area contributed by atoms with Crippen LogP contribution in [0.25, 0.3) is 0 Å². The Kier molecular flexibility index (Phi) is 4.41. The molecule has 2 aromatic rings. The van der Waals surface area contributed by atoms with E-state index in [1.165, 1.54) is 39.5 Å². The predicted molar refractivity (Wildman–Crippen MR) is 89.9 cm³/mol. The van der Waals surface area contributed by atoms with Gasteiger partial charge in [0.2, 0.25) is 17.2 Å². The summed E-state index contributed by atoms with van der Waals surface area (Å²) in [6.07, 6.45) is -1.17. The van der Waals surface area contributed by atoms with Gasteiger partial charge in [0.1, 0.15) is 23.2 Å². The van der Waals surface area contributed by atoms with Crippen molar-refractivity contribution >= 4 is 5.78 Å². The summed E-state index contributed by atoms with van der Waals surface area (Å²) >= 11 is 0. The second-order valence-corrected chi connectivity index (χ2v) is 5.60. The minimum absolute atomic E-state index is 0.0495. The first-order valence-electron chi connectivity index (χ1n) is 7.70. The topological polar surface area (TPSA) is 115 Å². The minimum atomic E-state index is -0.970. The van der Waals surface area contributed by atoms with E-state index < -0.39 is 17.6 Å². The summed E-state index contributed by atoms with van der Waals surface area (Å²) in [5, 5.41) is 30.6. The molecule has 3 N–H and O–H groups in total. The van der Waals surface area contributed by atoms with Crippen LogP contribution in [0.1, 0.15) is 28.4 Å². The summed E-state index contributed by atoms with van der Waals surface area (Å²) in [7, 11) is 4.02. The van der Waals surface area contributed by atoms with Crippen molar-refractivity contribution in [2.75, 3.05) is 21.3 Å². The number of methoxy groups -OCH3 is 3. The van der Waals surface area contributed by atoms with E-state index >= 15 is 0 Å². The van der Waals surface area contributed by atoms with Gasteiger partial charge in [-0.15, -0.1) is 0 Å². The molecule has 0 saturated heterocycles. The summed E-state index contributed by atoms with van der Waals surface area (Å²) in [6, 6.07) is 4.22. The first-order chi connectivity index (χ1) is 12.4. The number of aromatic hydroxyl groups is 3. The molecule has 1 aliphatic rings. The van der Waals surface area contributed by atoms with Gasteiger partial charge in [-0.3, -0.25) is 4.79 Å². The largest absolute Gasteiger partial charge is 0.507 e. The van der Waals surface area contributed by atoms with Gasteiger partial charge in [0.15, 0.2) is 17.3 Å². The van der Waals surface area contributed by atoms with E-state index in [0.29, 0.717) is 0 Å². The lowest BCUT2D eigenvalue weighted by atomic mass is 9.93. The Morgan fingerprint density at radius 2 is 1.54 bits per heavy atom. The van der Waals surface area contributed by atoms with Crippen LogP contribution >= 0.6 is 0 Å². The molecule has 8 heteroatoms. The van der Waals surface area contributed by atoms with Crippen LogP contribution in [0.3, 0.4) is 0 Å². The number of phenols is 3. The molecule has 26 heavy (non-hydrogen) atoms. The molecule has 0 aliphatic carbocycles. The third kappa shape index (κ3) is 2.50. The lowest BCUT2D eigenvalue weighted by molar-refractivity contribution is 0.0828. The molecule has 1 aliphatic heterocycles. The maximum Gasteiger partial charge on any atom is 0.211 e. The number of carbonyl (C=O) groups is 1. The zero-order chi connectivity index (χ0) is 19.0. The molecule has 0 bridgehead atoms. The zero-order valence-corrected chi connectivity index (χ0v) is 14.4. The van der Waals surface area contributed by atoms with Gasteiger partial charge in [-0.2, -0.15) is 0 Å². The van der Waals surface area contributed by atoms with E-state index in [1.54, 1.807) is 0 Å². The summed E-state index contributed by atoms with van der Waals surface area (Å²) in [5.41, 5.74) is -0.0338. The first-order valence-corrected chi connectivity index (χ1v) is 7.70. The number of Topliss-reactive ketones (excluding diaryl/α,β-unsaturated/α-hetero) is 1. The fourth-order valence-electron chi connectivity index (χ4n) is 3.07. The third-order valence-corrected chi connectivity index (χ3v) is 4.20. The SMILES string of the molecule is COc1c(O)c2c(c(OC)c1OC)O[C@H](c1c(O)cccc1O)CC2=O. The van der Waals surface area contributed by atoms with Crippen molar-refractivity contribution in [1.29, 1.82) is 0 Å². The number of hydrogen-bond acceptors (Lipinski definition) is 8. The van der Waals surface area contributed by atoms with Gasteiger partial charge < -0.3 is 34.3 Å². The number of benzene rings is 2. The van der Waals surface area contributed by atoms with E-state index in [2.05, 4.69) is 0 Å². The normalized spacial score (nSPS) is 15.8. The average Bonchev–Trinajstić information content (AvgIpc) is 2.60. The van der Waals surface area contributed by atoms with Crippen molar-refractivity contribution in [2.24, 2.45) is 0 Å². The van der Waals surface area contributed by atoms with E-state index in [0.717, 1.165) is 0 Å². The van der Waals surface area contributed by atoms with Crippen molar-refractivity contribution in [3.8, 4) is 40.2 Å². The molecule has 0 radical (unpaired) electrons. The van der Waals surface area contributed by atoms with Crippen LogP contribution in [-0.2, 0) is 0 Å². The molecule has 8 nitrogen and oxygen atoms in total. The lowest BCUT2D eigenvalue weighted by Gasteiger charge is -2.29. The zero-order valence-electron chi connectivity index (χ0n) is 14.4. The van der Waals surface area contributed by atoms with Crippen molar-refractivity contribution in [3.05, 3.63) is 29.3 Å². The van der Waals surface area contributed by atoms with Crippen LogP contribution in [0.5, 0.6) is 40.2 Å². The molecule has 0 spiro atoms. The molecule has 0 amide bonds. The second kappa shape index (κ2) is 6.55. The van der Waals surface area contributed by atoms with Crippen molar-refractivity contribution in [1.82, 2.24) is 0 Å². The molecule has 0 unspecified atom stereocenters. The molecule has 1 heterocycles. The monoisotopic (exact) mass is 362 g/mol. The molecular weight excluding hydrogens is 344 g/mol. The van der Waals surface area contributed by atoms with Crippen LogP contribution < -0.4 is 18.9 Å². The van der Waals surface area contributed by atoms with Crippen molar-refractivity contribution in [2.45, 2.75) is 12.5 Å². The van der Waals surface area contributed by atoms with Gasteiger partial charge in [-0.25, -0.2) is 0 Å². The number of ether oxygens (including phenoxy) is 4. The molecule has 1 atom stereocenters. The van der Waals surface area contributed by atoms with E-state index in [9.17, 15) is 20.1 Å². The summed E-state index contributed by atoms with van der Waals surface area (Å²) < 4.78 is 21.5. The summed E-state index contributed by atoms with van der Waals surface area (Å²) in [4.78, 5) is 12.7. The summed E-state index contributed by atoms with van der Waals surface area (Å²) in [5.74, 6) is -1.30. The summed E-state index contributed by atoms with van der Waals surface area (Å²) in [6.45, 7) is 0. The van der Waals surface area contributed by atoms with Gasteiger partial charge in [-0.1, -0.05) is 6.07 Å². The lowest BCUT2D eigenvalue weighted by Crippen LogP contribution is -2.22.